The number of rotatable bonds is 5. The Morgan fingerprint density at radius 1 is 1.57 bits per heavy atom. The molecule has 5 nitrogen and oxygen atoms in total. The van der Waals surface area contributed by atoms with Crippen molar-refractivity contribution in [1.82, 2.24) is 20.1 Å². The van der Waals surface area contributed by atoms with Crippen molar-refractivity contribution in [3.8, 4) is 0 Å². The summed E-state index contributed by atoms with van der Waals surface area (Å²) in [6.45, 7) is 5.80. The topological polar surface area (TPSA) is 52.0 Å². The molecule has 0 saturated heterocycles. The van der Waals surface area contributed by atoms with Crippen molar-refractivity contribution in [3.05, 3.63) is 33.5 Å². The first-order valence-electron chi connectivity index (χ1n) is 7.39. The third kappa shape index (κ3) is 3.17. The largest absolute Gasteiger partial charge is 0.377 e. The van der Waals surface area contributed by atoms with E-state index in [2.05, 4.69) is 40.7 Å². The van der Waals surface area contributed by atoms with Gasteiger partial charge >= 0.3 is 0 Å². The molecule has 0 fully saturated rings. The van der Waals surface area contributed by atoms with E-state index in [1.165, 1.54) is 10.4 Å². The van der Waals surface area contributed by atoms with Crippen molar-refractivity contribution in [1.29, 1.82) is 0 Å². The van der Waals surface area contributed by atoms with Crippen molar-refractivity contribution in [2.75, 3.05) is 7.11 Å². The summed E-state index contributed by atoms with van der Waals surface area (Å²) in [5.41, 5.74) is 1.37. The van der Waals surface area contributed by atoms with E-state index in [1.54, 1.807) is 7.11 Å². The number of thiophene rings is 1. The summed E-state index contributed by atoms with van der Waals surface area (Å²) in [6, 6.07) is 3.02. The number of aryl methyl sites for hydroxylation is 2. The lowest BCUT2D eigenvalue weighted by Gasteiger charge is -2.27. The fourth-order valence-electron chi connectivity index (χ4n) is 2.94. The average Bonchev–Trinajstić information content (AvgIpc) is 3.04. The number of methoxy groups -OCH3 is 1. The molecule has 6 heteroatoms. The normalized spacial score (nSPS) is 19.5. The zero-order valence-corrected chi connectivity index (χ0v) is 13.6. The van der Waals surface area contributed by atoms with Crippen LogP contribution >= 0.6 is 11.3 Å². The van der Waals surface area contributed by atoms with Crippen molar-refractivity contribution in [3.63, 3.8) is 0 Å². The van der Waals surface area contributed by atoms with Gasteiger partial charge in [-0.2, -0.15) is 5.10 Å². The molecule has 114 valence electrons. The van der Waals surface area contributed by atoms with E-state index in [0.717, 1.165) is 31.0 Å². The molecule has 0 bridgehead atoms. The second-order valence-corrected chi connectivity index (χ2v) is 6.60. The van der Waals surface area contributed by atoms with E-state index in [9.17, 15) is 0 Å². The van der Waals surface area contributed by atoms with E-state index < -0.39 is 0 Å². The van der Waals surface area contributed by atoms with Gasteiger partial charge in [0.2, 0.25) is 0 Å². The molecule has 0 aliphatic carbocycles. The summed E-state index contributed by atoms with van der Waals surface area (Å²) in [5.74, 6) is 1.87. The van der Waals surface area contributed by atoms with Crippen molar-refractivity contribution in [2.24, 2.45) is 0 Å². The predicted octanol–water partition coefficient (Wildman–Crippen LogP) is 2.46. The highest BCUT2D eigenvalue weighted by Gasteiger charge is 2.23. The van der Waals surface area contributed by atoms with Gasteiger partial charge in [0.05, 0.1) is 6.54 Å². The molecule has 0 aromatic carbocycles. The maximum Gasteiger partial charge on any atom is 0.176 e. The number of fused-ring (bicyclic) bond motifs is 1. The minimum absolute atomic E-state index is 0.388. The smallest absolute Gasteiger partial charge is 0.176 e. The Morgan fingerprint density at radius 2 is 2.43 bits per heavy atom. The maximum absolute atomic E-state index is 5.11. The Kier molecular flexibility index (Phi) is 4.37. The second kappa shape index (κ2) is 6.25. The van der Waals surface area contributed by atoms with Gasteiger partial charge in [0.1, 0.15) is 12.4 Å². The molecular formula is C15H22N4OS. The molecule has 1 aliphatic heterocycles. The third-order valence-electron chi connectivity index (χ3n) is 3.96. The molecule has 0 spiro atoms. The number of aromatic nitrogens is 3. The standard InChI is InChI=1S/C15H22N4OS/c1-10-6-7-21-15(10)11(2)16-12-4-5-14-17-13(9-20-3)18-19(14)8-12/h6-7,11-12,16H,4-5,8-9H2,1-3H3/t11-,12-/m0/s1. The van der Waals surface area contributed by atoms with Crippen LogP contribution in [0.25, 0.3) is 0 Å². The highest BCUT2D eigenvalue weighted by atomic mass is 32.1. The Balaban J connectivity index is 1.64. The number of nitrogens with one attached hydrogen (secondary N) is 1. The highest BCUT2D eigenvalue weighted by Crippen LogP contribution is 2.25. The molecule has 21 heavy (non-hydrogen) atoms. The van der Waals surface area contributed by atoms with Gasteiger partial charge in [0.15, 0.2) is 5.82 Å². The lowest BCUT2D eigenvalue weighted by Crippen LogP contribution is -2.39. The van der Waals surface area contributed by atoms with E-state index in [1.807, 2.05) is 16.0 Å². The van der Waals surface area contributed by atoms with Gasteiger partial charge in [-0.15, -0.1) is 11.3 Å². The number of hydrogen-bond donors (Lipinski definition) is 1. The monoisotopic (exact) mass is 306 g/mol. The second-order valence-electron chi connectivity index (χ2n) is 5.65. The van der Waals surface area contributed by atoms with Crippen LogP contribution in [0.3, 0.4) is 0 Å². The molecule has 3 heterocycles. The van der Waals surface area contributed by atoms with Gasteiger partial charge in [-0.1, -0.05) is 0 Å². The minimum atomic E-state index is 0.388. The highest BCUT2D eigenvalue weighted by molar-refractivity contribution is 7.10. The first kappa shape index (κ1) is 14.7. The molecule has 0 radical (unpaired) electrons. The SMILES string of the molecule is COCc1nc2n(n1)C[C@@H](N[C@@H](C)c1sccc1C)CC2. The number of nitrogens with zero attached hydrogens (tertiary/aromatic N) is 3. The van der Waals surface area contributed by atoms with Crippen molar-refractivity contribution in [2.45, 2.75) is 51.9 Å². The number of ether oxygens (including phenoxy) is 1. The van der Waals surface area contributed by atoms with Crippen LogP contribution in [0.5, 0.6) is 0 Å². The summed E-state index contributed by atoms with van der Waals surface area (Å²) in [7, 11) is 1.68. The quantitative estimate of drug-likeness (QED) is 0.922. The van der Waals surface area contributed by atoms with Gasteiger partial charge in [-0.05, 0) is 37.3 Å². The first-order chi connectivity index (χ1) is 10.2. The molecule has 0 unspecified atom stereocenters. The van der Waals surface area contributed by atoms with E-state index >= 15 is 0 Å². The third-order valence-corrected chi connectivity index (χ3v) is 5.16. The zero-order chi connectivity index (χ0) is 14.8. The summed E-state index contributed by atoms with van der Waals surface area (Å²) >= 11 is 1.83. The molecule has 2 atom stereocenters. The summed E-state index contributed by atoms with van der Waals surface area (Å²) in [6.07, 6.45) is 2.09. The van der Waals surface area contributed by atoms with Crippen molar-refractivity contribution >= 4 is 11.3 Å². The molecule has 1 N–H and O–H groups in total. The van der Waals surface area contributed by atoms with Crippen LogP contribution in [-0.4, -0.2) is 27.9 Å². The molecule has 1 aliphatic rings. The molecule has 0 saturated carbocycles. The predicted molar refractivity (Wildman–Crippen MR) is 83.5 cm³/mol. The van der Waals surface area contributed by atoms with Crippen LogP contribution in [-0.2, 0) is 24.3 Å². The van der Waals surface area contributed by atoms with Crippen LogP contribution in [0, 0.1) is 6.92 Å². The van der Waals surface area contributed by atoms with Crippen LogP contribution in [0.1, 0.15) is 41.5 Å². The Hall–Kier alpha value is -1.24. The molecule has 0 amide bonds. The molecule has 2 aromatic heterocycles. The van der Waals surface area contributed by atoms with Crippen LogP contribution in [0.4, 0.5) is 0 Å². The minimum Gasteiger partial charge on any atom is -0.377 e. The van der Waals surface area contributed by atoms with Gasteiger partial charge < -0.3 is 10.1 Å². The summed E-state index contributed by atoms with van der Waals surface area (Å²) in [5, 5.41) is 10.4. The first-order valence-corrected chi connectivity index (χ1v) is 8.27. The molecular weight excluding hydrogens is 284 g/mol. The maximum atomic E-state index is 5.11. The molecule has 2 aromatic rings. The van der Waals surface area contributed by atoms with Gasteiger partial charge in [-0.25, -0.2) is 9.67 Å². The number of hydrogen-bond acceptors (Lipinski definition) is 5. The average molecular weight is 306 g/mol. The van der Waals surface area contributed by atoms with Crippen molar-refractivity contribution < 1.29 is 4.74 Å². The van der Waals surface area contributed by atoms with Crippen LogP contribution in [0.2, 0.25) is 0 Å². The lowest BCUT2D eigenvalue weighted by atomic mass is 10.1. The Bertz CT molecular complexity index is 607. The van der Waals surface area contributed by atoms with Crippen LogP contribution < -0.4 is 5.32 Å². The lowest BCUT2D eigenvalue weighted by molar-refractivity contribution is 0.177. The van der Waals surface area contributed by atoms with Crippen LogP contribution in [0.15, 0.2) is 11.4 Å². The van der Waals surface area contributed by atoms with Gasteiger partial charge in [0.25, 0.3) is 0 Å². The Morgan fingerprint density at radius 3 is 3.14 bits per heavy atom. The van der Waals surface area contributed by atoms with E-state index in [-0.39, 0.29) is 0 Å². The summed E-state index contributed by atoms with van der Waals surface area (Å²) in [4.78, 5) is 5.95. The van der Waals surface area contributed by atoms with E-state index in [0.29, 0.717) is 18.7 Å². The fraction of sp³-hybridized carbons (Fsp3) is 0.600. The van der Waals surface area contributed by atoms with E-state index in [4.69, 9.17) is 4.74 Å². The summed E-state index contributed by atoms with van der Waals surface area (Å²) < 4.78 is 7.14. The molecule has 3 rings (SSSR count). The van der Waals surface area contributed by atoms with Gasteiger partial charge in [-0.3, -0.25) is 0 Å². The van der Waals surface area contributed by atoms with Gasteiger partial charge in [0, 0.05) is 30.5 Å². The Labute approximate surface area is 129 Å². The fourth-order valence-corrected chi connectivity index (χ4v) is 3.89. The zero-order valence-electron chi connectivity index (χ0n) is 12.8.